The number of benzene rings is 2. The lowest BCUT2D eigenvalue weighted by Gasteiger charge is -2.42. The van der Waals surface area contributed by atoms with E-state index in [0.29, 0.717) is 0 Å². The summed E-state index contributed by atoms with van der Waals surface area (Å²) in [6, 6.07) is 21.2. The van der Waals surface area contributed by atoms with E-state index in [9.17, 15) is 0 Å². The standard InChI is InChI=1S/C26H34O/c1-5-19-25(7-3,21-23-15-11-9-12-16-23)27-26(8-4,20-6-2)22-24-17-13-10-14-18-24/h7-18H,3-6,19-22H2,1-2H3. The van der Waals surface area contributed by atoms with Gasteiger partial charge in [-0.3, -0.25) is 0 Å². The lowest BCUT2D eigenvalue weighted by molar-refractivity contribution is -0.115. The van der Waals surface area contributed by atoms with Crippen molar-refractivity contribution in [2.75, 3.05) is 0 Å². The monoisotopic (exact) mass is 362 g/mol. The van der Waals surface area contributed by atoms with Crippen molar-refractivity contribution >= 4 is 0 Å². The van der Waals surface area contributed by atoms with Gasteiger partial charge in [0.2, 0.25) is 0 Å². The van der Waals surface area contributed by atoms with Crippen LogP contribution < -0.4 is 0 Å². The molecule has 0 saturated carbocycles. The molecule has 2 atom stereocenters. The lowest BCUT2D eigenvalue weighted by atomic mass is 9.85. The van der Waals surface area contributed by atoms with E-state index in [4.69, 9.17) is 4.74 Å². The second kappa shape index (κ2) is 10.3. The Morgan fingerprint density at radius 3 is 1.37 bits per heavy atom. The van der Waals surface area contributed by atoms with E-state index in [0.717, 1.165) is 38.5 Å². The van der Waals surface area contributed by atoms with Gasteiger partial charge in [0, 0.05) is 12.8 Å². The van der Waals surface area contributed by atoms with Crippen LogP contribution in [0, 0.1) is 0 Å². The predicted molar refractivity (Wildman–Crippen MR) is 117 cm³/mol. The van der Waals surface area contributed by atoms with Crippen molar-refractivity contribution in [2.24, 2.45) is 0 Å². The smallest absolute Gasteiger partial charge is 0.0911 e. The molecular weight excluding hydrogens is 328 g/mol. The fourth-order valence-electron chi connectivity index (χ4n) is 3.92. The Balaban J connectivity index is 2.36. The van der Waals surface area contributed by atoms with Crippen LogP contribution in [0.4, 0.5) is 0 Å². The topological polar surface area (TPSA) is 9.23 Å². The second-order valence-corrected chi connectivity index (χ2v) is 7.46. The highest BCUT2D eigenvalue weighted by Gasteiger charge is 2.38. The van der Waals surface area contributed by atoms with Gasteiger partial charge < -0.3 is 4.74 Å². The van der Waals surface area contributed by atoms with Crippen LogP contribution in [0.25, 0.3) is 0 Å². The third kappa shape index (κ3) is 5.94. The first-order valence-electron chi connectivity index (χ1n) is 10.2. The van der Waals surface area contributed by atoms with Gasteiger partial charge in [-0.15, -0.1) is 13.2 Å². The van der Waals surface area contributed by atoms with Gasteiger partial charge in [0.25, 0.3) is 0 Å². The number of hydrogen-bond acceptors (Lipinski definition) is 1. The molecule has 0 aliphatic rings. The molecule has 0 radical (unpaired) electrons. The van der Waals surface area contributed by atoms with Gasteiger partial charge in [-0.25, -0.2) is 0 Å². The van der Waals surface area contributed by atoms with Gasteiger partial charge >= 0.3 is 0 Å². The lowest BCUT2D eigenvalue weighted by Crippen LogP contribution is -2.45. The van der Waals surface area contributed by atoms with E-state index >= 15 is 0 Å². The Morgan fingerprint density at radius 2 is 1.07 bits per heavy atom. The molecule has 2 rings (SSSR count). The fourth-order valence-corrected chi connectivity index (χ4v) is 3.92. The average Bonchev–Trinajstić information content (AvgIpc) is 2.70. The third-order valence-corrected chi connectivity index (χ3v) is 5.19. The first-order chi connectivity index (χ1) is 13.1. The molecule has 0 amide bonds. The highest BCUT2D eigenvalue weighted by Crippen LogP contribution is 2.35. The van der Waals surface area contributed by atoms with E-state index in [1.807, 2.05) is 12.2 Å². The predicted octanol–water partition coefficient (Wildman–Crippen LogP) is 6.94. The van der Waals surface area contributed by atoms with E-state index in [-0.39, 0.29) is 0 Å². The summed E-state index contributed by atoms with van der Waals surface area (Å²) in [7, 11) is 0. The first-order valence-corrected chi connectivity index (χ1v) is 10.2. The van der Waals surface area contributed by atoms with Crippen molar-refractivity contribution in [3.63, 3.8) is 0 Å². The summed E-state index contributed by atoms with van der Waals surface area (Å²) in [6.07, 6.45) is 9.68. The summed E-state index contributed by atoms with van der Waals surface area (Å²) in [5.74, 6) is 0. The molecule has 2 unspecified atom stereocenters. The van der Waals surface area contributed by atoms with Crippen LogP contribution in [0.15, 0.2) is 86.0 Å². The Morgan fingerprint density at radius 1 is 0.704 bits per heavy atom. The maximum atomic E-state index is 6.98. The summed E-state index contributed by atoms with van der Waals surface area (Å²) >= 11 is 0. The van der Waals surface area contributed by atoms with Gasteiger partial charge in [-0.05, 0) is 24.0 Å². The first kappa shape index (κ1) is 21.2. The van der Waals surface area contributed by atoms with Gasteiger partial charge in [-0.2, -0.15) is 0 Å². The van der Waals surface area contributed by atoms with Gasteiger partial charge in [0.15, 0.2) is 0 Å². The quantitative estimate of drug-likeness (QED) is 0.372. The van der Waals surface area contributed by atoms with Crippen LogP contribution in [-0.4, -0.2) is 11.2 Å². The highest BCUT2D eigenvalue weighted by molar-refractivity contribution is 5.23. The van der Waals surface area contributed by atoms with Crippen LogP contribution in [0.2, 0.25) is 0 Å². The van der Waals surface area contributed by atoms with Gasteiger partial charge in [0.05, 0.1) is 11.2 Å². The molecule has 0 spiro atoms. The minimum atomic E-state index is -0.395. The Kier molecular flexibility index (Phi) is 8.06. The molecule has 2 aromatic rings. The Hall–Kier alpha value is -2.12. The van der Waals surface area contributed by atoms with E-state index < -0.39 is 11.2 Å². The minimum absolute atomic E-state index is 0.395. The maximum Gasteiger partial charge on any atom is 0.0911 e. The van der Waals surface area contributed by atoms with Crippen molar-refractivity contribution in [3.8, 4) is 0 Å². The van der Waals surface area contributed by atoms with Gasteiger partial charge in [-0.1, -0.05) is 99.5 Å². The van der Waals surface area contributed by atoms with Crippen molar-refractivity contribution in [3.05, 3.63) is 97.1 Å². The molecule has 0 N–H and O–H groups in total. The molecule has 2 aromatic carbocycles. The largest absolute Gasteiger partial charge is 0.360 e. The van der Waals surface area contributed by atoms with Crippen molar-refractivity contribution in [1.29, 1.82) is 0 Å². The second-order valence-electron chi connectivity index (χ2n) is 7.46. The van der Waals surface area contributed by atoms with Crippen molar-refractivity contribution in [1.82, 2.24) is 0 Å². The summed E-state index contributed by atoms with van der Waals surface area (Å²) in [6.45, 7) is 12.8. The SMILES string of the molecule is C=CC(CCC)(Cc1ccccc1)OC(C=C)(CCC)Cc1ccccc1. The van der Waals surface area contributed by atoms with Crippen molar-refractivity contribution in [2.45, 2.75) is 63.6 Å². The molecule has 0 bridgehead atoms. The fraction of sp³-hybridized carbons (Fsp3) is 0.385. The normalized spacial score (nSPS) is 15.5. The Bertz CT molecular complexity index is 629. The maximum absolute atomic E-state index is 6.98. The van der Waals surface area contributed by atoms with Crippen LogP contribution in [0.5, 0.6) is 0 Å². The molecule has 1 heteroatoms. The Labute approximate surface area is 165 Å². The zero-order valence-electron chi connectivity index (χ0n) is 17.0. The van der Waals surface area contributed by atoms with Crippen LogP contribution >= 0.6 is 0 Å². The zero-order valence-corrected chi connectivity index (χ0v) is 17.0. The van der Waals surface area contributed by atoms with Crippen molar-refractivity contribution < 1.29 is 4.74 Å². The van der Waals surface area contributed by atoms with Crippen LogP contribution in [-0.2, 0) is 17.6 Å². The molecule has 144 valence electrons. The summed E-state index contributed by atoms with van der Waals surface area (Å²) in [4.78, 5) is 0. The minimum Gasteiger partial charge on any atom is -0.360 e. The zero-order chi connectivity index (χ0) is 19.6. The third-order valence-electron chi connectivity index (χ3n) is 5.19. The summed E-state index contributed by atoms with van der Waals surface area (Å²) < 4.78 is 6.98. The van der Waals surface area contributed by atoms with E-state index in [2.05, 4.69) is 87.7 Å². The molecule has 0 heterocycles. The molecule has 0 aliphatic heterocycles. The number of rotatable bonds is 12. The van der Waals surface area contributed by atoms with Crippen LogP contribution in [0.3, 0.4) is 0 Å². The molecule has 0 saturated heterocycles. The molecule has 27 heavy (non-hydrogen) atoms. The molecule has 0 fully saturated rings. The van der Waals surface area contributed by atoms with E-state index in [1.165, 1.54) is 11.1 Å². The molecule has 1 nitrogen and oxygen atoms in total. The summed E-state index contributed by atoms with van der Waals surface area (Å²) in [5, 5.41) is 0. The average molecular weight is 363 g/mol. The summed E-state index contributed by atoms with van der Waals surface area (Å²) in [5.41, 5.74) is 1.77. The van der Waals surface area contributed by atoms with E-state index in [1.54, 1.807) is 0 Å². The molecule has 0 aliphatic carbocycles. The molecule has 0 aromatic heterocycles. The van der Waals surface area contributed by atoms with Gasteiger partial charge in [0.1, 0.15) is 0 Å². The number of ether oxygens (including phenoxy) is 1. The van der Waals surface area contributed by atoms with Crippen LogP contribution in [0.1, 0.15) is 50.7 Å². The number of hydrogen-bond donors (Lipinski definition) is 0. The highest BCUT2D eigenvalue weighted by atomic mass is 16.5. The molecular formula is C26H34O.